The van der Waals surface area contributed by atoms with Gasteiger partial charge in [-0.25, -0.2) is 0 Å². The fraction of sp³-hybridized carbons (Fsp3) is 0.167. The van der Waals surface area contributed by atoms with E-state index in [1.165, 1.54) is 0 Å². The maximum atomic E-state index is 13.8. The third-order valence-corrected chi connectivity index (χ3v) is 5.15. The smallest absolute Gasteiger partial charge is 0.258 e. The average Bonchev–Trinajstić information content (AvgIpc) is 2.93. The Hall–Kier alpha value is -3.64. The maximum Gasteiger partial charge on any atom is 0.258 e. The van der Waals surface area contributed by atoms with E-state index in [2.05, 4.69) is 11.1 Å². The van der Waals surface area contributed by atoms with Crippen LogP contribution >= 0.6 is 0 Å². The van der Waals surface area contributed by atoms with Gasteiger partial charge in [-0.3, -0.25) is 9.59 Å². The Labute approximate surface area is 175 Å². The molecule has 0 spiro atoms. The number of quaternary nitrogens is 1. The molecule has 0 bridgehead atoms. The first kappa shape index (κ1) is 19.7. The Kier molecular flexibility index (Phi) is 5.50. The van der Waals surface area contributed by atoms with Crippen LogP contribution in [0.3, 0.4) is 0 Å². The van der Waals surface area contributed by atoms with Crippen LogP contribution in [-0.4, -0.2) is 18.4 Å². The van der Waals surface area contributed by atoms with Crippen LogP contribution in [0, 0.1) is 6.92 Å². The number of nitrogens with one attached hydrogen (secondary N) is 1. The van der Waals surface area contributed by atoms with Gasteiger partial charge in [0.05, 0.1) is 6.54 Å². The van der Waals surface area contributed by atoms with Crippen molar-refractivity contribution in [2.24, 2.45) is 0 Å². The van der Waals surface area contributed by atoms with Gasteiger partial charge in [0.25, 0.3) is 11.8 Å². The average molecular weight is 402 g/mol. The van der Waals surface area contributed by atoms with Gasteiger partial charge in [0.15, 0.2) is 6.61 Å². The molecule has 1 heterocycles. The molecular formula is C24H24N3O3+. The third-order valence-electron chi connectivity index (χ3n) is 5.15. The molecule has 30 heavy (non-hydrogen) atoms. The molecule has 3 aromatic rings. The molecule has 0 radical (unpaired) electrons. The van der Waals surface area contributed by atoms with Crippen molar-refractivity contribution >= 4 is 23.2 Å². The molecule has 1 atom stereocenters. The van der Waals surface area contributed by atoms with Gasteiger partial charge in [-0.05, 0) is 30.2 Å². The second kappa shape index (κ2) is 8.39. The largest absolute Gasteiger partial charge is 0.483 e. The fourth-order valence-electron chi connectivity index (χ4n) is 3.61. The molecule has 4 rings (SSSR count). The zero-order valence-electron chi connectivity index (χ0n) is 16.8. The summed E-state index contributed by atoms with van der Waals surface area (Å²) in [4.78, 5) is 27.8. The van der Waals surface area contributed by atoms with Crippen molar-refractivity contribution in [3.05, 3.63) is 89.5 Å². The summed E-state index contributed by atoms with van der Waals surface area (Å²) in [6, 6.07) is 22.0. The first-order valence-electron chi connectivity index (χ1n) is 9.82. The standard InChI is InChI=1S/C24H23N3O3/c1-16-6-5-9-20-22(26-21(28)15-30-23(16)20)24(29)27(14-17-7-3-2-4-8-17)19-12-10-18(25)11-13-19/h2-13,22H,14-15,25H2,1H3,(H,26,28)/p+1. The quantitative estimate of drug-likeness (QED) is 0.703. The van der Waals surface area contributed by atoms with Crippen LogP contribution in [0.5, 0.6) is 5.75 Å². The minimum atomic E-state index is -0.835. The molecule has 152 valence electrons. The summed E-state index contributed by atoms with van der Waals surface area (Å²) in [7, 11) is 0. The van der Waals surface area contributed by atoms with Crippen LogP contribution in [-0.2, 0) is 16.1 Å². The zero-order valence-corrected chi connectivity index (χ0v) is 16.8. The molecular weight excluding hydrogens is 378 g/mol. The van der Waals surface area contributed by atoms with E-state index in [1.54, 1.807) is 4.90 Å². The van der Waals surface area contributed by atoms with Gasteiger partial charge in [0.2, 0.25) is 0 Å². The molecule has 0 saturated heterocycles. The van der Waals surface area contributed by atoms with Crippen LogP contribution in [0.15, 0.2) is 72.8 Å². The number of aryl methyl sites for hydroxylation is 1. The lowest BCUT2D eigenvalue weighted by atomic mass is 10.0. The van der Waals surface area contributed by atoms with Crippen LogP contribution in [0.4, 0.5) is 11.4 Å². The van der Waals surface area contributed by atoms with E-state index in [0.717, 1.165) is 22.5 Å². The summed E-state index contributed by atoms with van der Waals surface area (Å²) in [5.41, 5.74) is 8.07. The van der Waals surface area contributed by atoms with Gasteiger partial charge in [0, 0.05) is 23.4 Å². The van der Waals surface area contributed by atoms with Crippen molar-refractivity contribution in [1.29, 1.82) is 0 Å². The van der Waals surface area contributed by atoms with Gasteiger partial charge in [-0.15, -0.1) is 0 Å². The molecule has 6 nitrogen and oxygen atoms in total. The summed E-state index contributed by atoms with van der Waals surface area (Å²) < 4.78 is 5.70. The number of amides is 2. The number of carbonyl (C=O) groups excluding carboxylic acids is 2. The van der Waals surface area contributed by atoms with Gasteiger partial charge in [-0.1, -0.05) is 48.5 Å². The lowest BCUT2D eigenvalue weighted by Crippen LogP contribution is -2.43. The number of hydrogen-bond donors (Lipinski definition) is 2. The minimum Gasteiger partial charge on any atom is -0.483 e. The Morgan fingerprint density at radius 2 is 1.80 bits per heavy atom. The molecule has 3 aromatic carbocycles. The Morgan fingerprint density at radius 1 is 1.07 bits per heavy atom. The van der Waals surface area contributed by atoms with E-state index < -0.39 is 6.04 Å². The summed E-state index contributed by atoms with van der Waals surface area (Å²) in [5, 5.41) is 2.84. The van der Waals surface area contributed by atoms with Crippen LogP contribution in [0.2, 0.25) is 0 Å². The number of hydrogen-bond acceptors (Lipinski definition) is 3. The first-order chi connectivity index (χ1) is 14.5. The van der Waals surface area contributed by atoms with Crippen molar-refractivity contribution in [1.82, 2.24) is 5.32 Å². The lowest BCUT2D eigenvalue weighted by molar-refractivity contribution is -0.254. The van der Waals surface area contributed by atoms with Gasteiger partial charge >= 0.3 is 0 Å². The molecule has 1 aliphatic heterocycles. The van der Waals surface area contributed by atoms with Gasteiger partial charge in [-0.2, -0.15) is 0 Å². The lowest BCUT2D eigenvalue weighted by Gasteiger charge is -2.28. The Morgan fingerprint density at radius 3 is 2.53 bits per heavy atom. The molecule has 0 aliphatic carbocycles. The highest BCUT2D eigenvalue weighted by Gasteiger charge is 2.33. The van der Waals surface area contributed by atoms with Crippen molar-refractivity contribution in [3.8, 4) is 5.75 Å². The fourth-order valence-corrected chi connectivity index (χ4v) is 3.61. The monoisotopic (exact) mass is 402 g/mol. The number of anilines is 1. The molecule has 0 aromatic heterocycles. The molecule has 2 amide bonds. The minimum absolute atomic E-state index is 0.115. The second-order valence-electron chi connectivity index (χ2n) is 7.36. The summed E-state index contributed by atoms with van der Waals surface area (Å²) in [6.07, 6.45) is 0. The van der Waals surface area contributed by atoms with E-state index in [0.29, 0.717) is 17.9 Å². The highest BCUT2D eigenvalue weighted by Crippen LogP contribution is 2.33. The number of carbonyl (C=O) groups is 2. The van der Waals surface area contributed by atoms with Crippen LogP contribution in [0.25, 0.3) is 0 Å². The predicted octanol–water partition coefficient (Wildman–Crippen LogP) is 2.65. The maximum absolute atomic E-state index is 13.8. The Balaban J connectivity index is 1.76. The number of fused-ring (bicyclic) bond motifs is 1. The van der Waals surface area contributed by atoms with E-state index in [4.69, 9.17) is 4.74 Å². The van der Waals surface area contributed by atoms with E-state index in [-0.39, 0.29) is 18.4 Å². The van der Waals surface area contributed by atoms with E-state index in [9.17, 15) is 9.59 Å². The molecule has 1 aliphatic rings. The summed E-state index contributed by atoms with van der Waals surface area (Å²) in [5.74, 6) is 0.0417. The third kappa shape index (κ3) is 4.04. The van der Waals surface area contributed by atoms with Gasteiger partial charge < -0.3 is 20.7 Å². The number of para-hydroxylation sites is 1. The molecule has 0 fully saturated rings. The zero-order chi connectivity index (χ0) is 21.1. The van der Waals surface area contributed by atoms with Crippen molar-refractivity contribution in [2.45, 2.75) is 19.5 Å². The molecule has 1 unspecified atom stereocenters. The number of benzene rings is 3. The van der Waals surface area contributed by atoms with Crippen molar-refractivity contribution in [2.75, 3.05) is 11.5 Å². The molecule has 6 heteroatoms. The highest BCUT2D eigenvalue weighted by atomic mass is 16.5. The SMILES string of the molecule is Cc1cccc2c1OCC(=O)NC2C(=O)N(Cc1ccccc1)c1ccc([NH3+])cc1. The van der Waals surface area contributed by atoms with Gasteiger partial charge in [0.1, 0.15) is 17.5 Å². The summed E-state index contributed by atoms with van der Waals surface area (Å²) >= 11 is 0. The number of ether oxygens (including phenoxy) is 1. The topological polar surface area (TPSA) is 86.3 Å². The second-order valence-corrected chi connectivity index (χ2v) is 7.36. The van der Waals surface area contributed by atoms with E-state index in [1.807, 2.05) is 79.7 Å². The van der Waals surface area contributed by atoms with Crippen LogP contribution in [0.1, 0.15) is 22.7 Å². The number of rotatable bonds is 4. The number of nitrogens with zero attached hydrogens (tertiary/aromatic N) is 1. The van der Waals surface area contributed by atoms with Crippen molar-refractivity contribution in [3.63, 3.8) is 0 Å². The molecule has 0 saturated carbocycles. The summed E-state index contributed by atoms with van der Waals surface area (Å²) in [6.45, 7) is 2.17. The normalized spacial score (nSPS) is 15.4. The van der Waals surface area contributed by atoms with Crippen molar-refractivity contribution < 1.29 is 20.1 Å². The van der Waals surface area contributed by atoms with Crippen LogP contribution < -0.4 is 20.7 Å². The highest BCUT2D eigenvalue weighted by molar-refractivity contribution is 6.00. The van der Waals surface area contributed by atoms with E-state index >= 15 is 0 Å². The predicted molar refractivity (Wildman–Crippen MR) is 114 cm³/mol. The molecule has 4 N–H and O–H groups in total. The first-order valence-corrected chi connectivity index (χ1v) is 9.82. The Bertz CT molecular complexity index is 1060.